The molecule has 1 saturated heterocycles. The van der Waals surface area contributed by atoms with E-state index in [0.717, 1.165) is 74.2 Å². The fourth-order valence-electron chi connectivity index (χ4n) is 5.11. The number of hydrogen-bond acceptors (Lipinski definition) is 8. The molecular formula is C35H46N4O5S. The quantitative estimate of drug-likeness (QED) is 0.0815. The second kappa shape index (κ2) is 16.0. The molecule has 1 aliphatic rings. The van der Waals surface area contributed by atoms with E-state index in [4.69, 9.17) is 14.3 Å². The zero-order valence-electron chi connectivity index (χ0n) is 27.3. The number of nitrogens with zero attached hydrogens (tertiary/aromatic N) is 2. The Kier molecular flexibility index (Phi) is 12.1. The van der Waals surface area contributed by atoms with Gasteiger partial charge >= 0.3 is 0 Å². The number of hydrogen-bond donors (Lipinski definition) is 2. The Morgan fingerprint density at radius 3 is 2.58 bits per heavy atom. The van der Waals surface area contributed by atoms with E-state index in [1.54, 1.807) is 25.4 Å². The number of piperidine rings is 1. The van der Waals surface area contributed by atoms with Crippen LogP contribution < -0.4 is 24.5 Å². The third-order valence-electron chi connectivity index (χ3n) is 7.95. The van der Waals surface area contributed by atoms with Crippen LogP contribution in [0.25, 0.3) is 0 Å². The predicted molar refractivity (Wildman–Crippen MR) is 180 cm³/mol. The summed E-state index contributed by atoms with van der Waals surface area (Å²) in [5.41, 5.74) is 3.62. The minimum absolute atomic E-state index is 0.194. The Labute approximate surface area is 271 Å². The normalized spacial score (nSPS) is 13.8. The fourth-order valence-corrected chi connectivity index (χ4v) is 5.77. The highest BCUT2D eigenvalue weighted by Gasteiger charge is 2.23. The van der Waals surface area contributed by atoms with E-state index in [2.05, 4.69) is 42.9 Å². The van der Waals surface area contributed by atoms with E-state index in [1.807, 2.05) is 42.2 Å². The summed E-state index contributed by atoms with van der Waals surface area (Å²) in [7, 11) is 1.56. The number of carbonyl (C=O) groups excluding carboxylic acids is 2. The molecular weight excluding hydrogens is 588 g/mol. The molecule has 1 fully saturated rings. The first-order valence-corrected chi connectivity index (χ1v) is 16.6. The summed E-state index contributed by atoms with van der Waals surface area (Å²) in [6.45, 7) is 12.0. The number of anilines is 1. The smallest absolute Gasteiger partial charge is 0.255 e. The number of aromatic nitrogens is 1. The maximum atomic E-state index is 13.6. The van der Waals surface area contributed by atoms with Crippen molar-refractivity contribution in [2.75, 3.05) is 31.3 Å². The van der Waals surface area contributed by atoms with Crippen molar-refractivity contribution in [3.63, 3.8) is 0 Å². The molecule has 0 bridgehead atoms. The highest BCUT2D eigenvalue weighted by Crippen LogP contribution is 2.40. The average molecular weight is 635 g/mol. The molecule has 2 N–H and O–H groups in total. The Morgan fingerprint density at radius 2 is 1.89 bits per heavy atom. The van der Waals surface area contributed by atoms with Gasteiger partial charge in [0.05, 0.1) is 12.8 Å². The molecule has 3 aromatic rings. The van der Waals surface area contributed by atoms with Crippen molar-refractivity contribution in [3.05, 3.63) is 71.0 Å². The molecule has 45 heavy (non-hydrogen) atoms. The fraction of sp³-hybridized carbons (Fsp3) is 0.457. The number of benzene rings is 2. The number of likely N-dealkylation sites (tertiary alicyclic amines) is 1. The molecule has 2 aromatic carbocycles. The first kappa shape index (κ1) is 34.1. The number of carbonyl (C=O) groups is 2. The Morgan fingerprint density at radius 1 is 1.11 bits per heavy atom. The van der Waals surface area contributed by atoms with Crippen molar-refractivity contribution in [2.24, 2.45) is 5.92 Å². The number of ether oxygens (including phenoxy) is 2. The van der Waals surface area contributed by atoms with Crippen molar-refractivity contribution < 1.29 is 23.9 Å². The molecule has 0 atom stereocenters. The van der Waals surface area contributed by atoms with E-state index in [0.29, 0.717) is 40.2 Å². The van der Waals surface area contributed by atoms with Gasteiger partial charge in [-0.15, -0.1) is 0 Å². The molecule has 0 spiro atoms. The molecule has 242 valence electrons. The maximum Gasteiger partial charge on any atom is 0.255 e. The Balaban J connectivity index is 1.50. The van der Waals surface area contributed by atoms with Gasteiger partial charge in [-0.1, -0.05) is 45.1 Å². The van der Waals surface area contributed by atoms with Crippen LogP contribution in [0.4, 0.5) is 5.69 Å². The predicted octanol–water partition coefficient (Wildman–Crippen LogP) is 7.48. The second-order valence-electron chi connectivity index (χ2n) is 12.5. The summed E-state index contributed by atoms with van der Waals surface area (Å²) >= 11 is 1.49. The van der Waals surface area contributed by atoms with E-state index < -0.39 is 0 Å². The van der Waals surface area contributed by atoms with Gasteiger partial charge in [0.15, 0.2) is 11.5 Å². The Bertz CT molecular complexity index is 1450. The van der Waals surface area contributed by atoms with Crippen LogP contribution in [0.1, 0.15) is 80.6 Å². The molecule has 9 nitrogen and oxygen atoms in total. The van der Waals surface area contributed by atoms with Gasteiger partial charge in [-0.05, 0) is 97.3 Å². The van der Waals surface area contributed by atoms with Crippen LogP contribution in [0.15, 0.2) is 48.7 Å². The van der Waals surface area contributed by atoms with Crippen molar-refractivity contribution in [1.82, 2.24) is 14.8 Å². The maximum absolute atomic E-state index is 13.6. The number of nitrogens with one attached hydrogen (secondary N) is 2. The van der Waals surface area contributed by atoms with Crippen LogP contribution in [0.5, 0.6) is 23.0 Å². The zero-order valence-corrected chi connectivity index (χ0v) is 28.1. The molecule has 0 aliphatic carbocycles. The summed E-state index contributed by atoms with van der Waals surface area (Å²) in [6.07, 6.45) is 7.63. The largest absolute Gasteiger partial charge is 0.491 e. The van der Waals surface area contributed by atoms with Crippen molar-refractivity contribution >= 4 is 30.0 Å². The van der Waals surface area contributed by atoms with Crippen molar-refractivity contribution in [3.8, 4) is 23.0 Å². The van der Waals surface area contributed by atoms with Crippen molar-refractivity contribution in [2.45, 2.75) is 72.1 Å². The third-order valence-corrected chi connectivity index (χ3v) is 8.64. The minimum Gasteiger partial charge on any atom is -0.491 e. The van der Waals surface area contributed by atoms with Gasteiger partial charge in [0, 0.05) is 42.4 Å². The lowest BCUT2D eigenvalue weighted by Gasteiger charge is -2.28. The van der Waals surface area contributed by atoms with Crippen LogP contribution in [-0.2, 0) is 16.6 Å². The van der Waals surface area contributed by atoms with Gasteiger partial charge in [-0.3, -0.25) is 14.6 Å². The molecule has 1 aromatic heterocycles. The van der Waals surface area contributed by atoms with E-state index in [9.17, 15) is 9.59 Å². The van der Waals surface area contributed by atoms with Crippen LogP contribution in [-0.4, -0.2) is 48.2 Å². The molecule has 0 radical (unpaired) electrons. The zero-order chi connectivity index (χ0) is 32.4. The number of rotatable bonds is 14. The van der Waals surface area contributed by atoms with Crippen LogP contribution in [0.2, 0.25) is 0 Å². The number of aryl methyl sites for hydroxylation is 1. The molecule has 0 unspecified atom stereocenters. The monoisotopic (exact) mass is 634 g/mol. The standard InChI is InChI=1S/C35H46N4O5S/c1-7-8-17-45-38-44-32-21-27(35(3,4)5)20-30(33(32)42-6)37-34(41)26-10-9-24(2)31(19-26)43-29-11-14-36-28(22-29)18-25-12-15-39(23-40)16-13-25/h9-11,14,19-23,25,38H,7-8,12-13,15-18H2,1-6H3,(H,37,41). The van der Waals surface area contributed by atoms with Gasteiger partial charge in [0.1, 0.15) is 11.5 Å². The van der Waals surface area contributed by atoms with Crippen LogP contribution >= 0.6 is 11.9 Å². The number of pyridine rings is 1. The highest BCUT2D eigenvalue weighted by atomic mass is 32.2. The molecule has 0 saturated carbocycles. The van der Waals surface area contributed by atoms with Crippen LogP contribution in [0.3, 0.4) is 0 Å². The first-order chi connectivity index (χ1) is 21.6. The molecule has 2 amide bonds. The second-order valence-corrected chi connectivity index (χ2v) is 13.4. The first-order valence-electron chi connectivity index (χ1n) is 15.6. The highest BCUT2D eigenvalue weighted by molar-refractivity contribution is 7.97. The Hall–Kier alpha value is -3.76. The third kappa shape index (κ3) is 9.61. The number of methoxy groups -OCH3 is 1. The summed E-state index contributed by atoms with van der Waals surface area (Å²) in [6, 6.07) is 13.1. The van der Waals surface area contributed by atoms with E-state index in [1.165, 1.54) is 11.9 Å². The van der Waals surface area contributed by atoms with Gasteiger partial charge in [0.25, 0.3) is 5.91 Å². The SMILES string of the molecule is CCCCSNOc1cc(C(C)(C)C)cc(NC(=O)c2ccc(C)c(Oc3ccnc(CC4CCN(C=O)CC4)c3)c2)c1OC. The molecule has 2 heterocycles. The lowest BCUT2D eigenvalue weighted by molar-refractivity contribution is -0.119. The summed E-state index contributed by atoms with van der Waals surface area (Å²) in [5.74, 6) is 3.29. The molecule has 4 rings (SSSR count). The van der Waals surface area contributed by atoms with Gasteiger partial charge < -0.3 is 24.5 Å². The number of unbranched alkanes of at least 4 members (excludes halogenated alkanes) is 1. The lowest BCUT2D eigenvalue weighted by Crippen LogP contribution is -2.33. The number of amides is 2. The van der Waals surface area contributed by atoms with Crippen molar-refractivity contribution in [1.29, 1.82) is 0 Å². The summed E-state index contributed by atoms with van der Waals surface area (Å²) < 4.78 is 12.0. The van der Waals surface area contributed by atoms with Crippen LogP contribution in [0, 0.1) is 12.8 Å². The minimum atomic E-state index is -0.294. The topological polar surface area (TPSA) is 102 Å². The van der Waals surface area contributed by atoms with Gasteiger partial charge in [-0.25, -0.2) is 0 Å². The summed E-state index contributed by atoms with van der Waals surface area (Å²) in [5, 5.41) is 3.04. The molecule has 1 aliphatic heterocycles. The van der Waals surface area contributed by atoms with E-state index in [-0.39, 0.29) is 11.3 Å². The van der Waals surface area contributed by atoms with Gasteiger partial charge in [-0.2, -0.15) is 0 Å². The molecule has 10 heteroatoms. The van der Waals surface area contributed by atoms with Gasteiger partial charge in [0.2, 0.25) is 6.41 Å². The summed E-state index contributed by atoms with van der Waals surface area (Å²) in [4.78, 5) is 39.9. The van der Waals surface area contributed by atoms with E-state index >= 15 is 0 Å². The average Bonchev–Trinajstić information content (AvgIpc) is 3.02. The lowest BCUT2D eigenvalue weighted by atomic mass is 9.86.